The second-order valence-corrected chi connectivity index (χ2v) is 6.32. The molecule has 106 valence electrons. The third-order valence-corrected chi connectivity index (χ3v) is 3.66. The highest BCUT2D eigenvalue weighted by atomic mass is 79.9. The Morgan fingerprint density at radius 1 is 1.37 bits per heavy atom. The van der Waals surface area contributed by atoms with Crippen molar-refractivity contribution in [3.05, 3.63) is 28.2 Å². The molecule has 0 heterocycles. The zero-order valence-corrected chi connectivity index (χ0v) is 13.3. The van der Waals surface area contributed by atoms with E-state index in [9.17, 15) is 4.79 Å². The van der Waals surface area contributed by atoms with Crippen LogP contribution in [0.25, 0.3) is 0 Å². The molecule has 1 aromatic carbocycles. The van der Waals surface area contributed by atoms with Crippen molar-refractivity contribution in [2.24, 2.45) is 5.41 Å². The van der Waals surface area contributed by atoms with E-state index >= 15 is 0 Å². The quantitative estimate of drug-likeness (QED) is 0.754. The lowest BCUT2D eigenvalue weighted by Crippen LogP contribution is -2.23. The summed E-state index contributed by atoms with van der Waals surface area (Å²) in [6.45, 7) is 6.15. The highest BCUT2D eigenvalue weighted by Gasteiger charge is 2.25. The van der Waals surface area contributed by atoms with E-state index in [-0.39, 0.29) is 0 Å². The molecule has 0 aliphatic heterocycles. The standard InChI is InChI=1S/C15H21BrO3/c1-11-10-12(16)6-7-13(11)19-9-5-4-8-15(2,3)14(17)18/h6-7,10H,4-5,8-9H2,1-3H3,(H,17,18). The minimum absolute atomic E-state index is 0.623. The molecule has 1 N–H and O–H groups in total. The van der Waals surface area contributed by atoms with Gasteiger partial charge in [-0.1, -0.05) is 15.9 Å². The fourth-order valence-corrected chi connectivity index (χ4v) is 2.21. The highest BCUT2D eigenvalue weighted by Crippen LogP contribution is 2.24. The molecule has 0 aliphatic carbocycles. The Morgan fingerprint density at radius 2 is 2.05 bits per heavy atom. The first kappa shape index (κ1) is 16.0. The van der Waals surface area contributed by atoms with E-state index in [1.165, 1.54) is 0 Å². The average molecular weight is 329 g/mol. The zero-order chi connectivity index (χ0) is 14.5. The molecule has 0 aliphatic rings. The molecule has 0 aromatic heterocycles. The van der Waals surface area contributed by atoms with Crippen molar-refractivity contribution < 1.29 is 14.6 Å². The first-order valence-corrected chi connectivity index (χ1v) is 7.24. The van der Waals surface area contributed by atoms with Crippen molar-refractivity contribution in [2.75, 3.05) is 6.61 Å². The third kappa shape index (κ3) is 5.23. The predicted octanol–water partition coefficient (Wildman–Crippen LogP) is 4.42. The molecule has 0 unspecified atom stereocenters. The van der Waals surface area contributed by atoms with Crippen molar-refractivity contribution >= 4 is 21.9 Å². The maximum Gasteiger partial charge on any atom is 0.309 e. The molecule has 0 fully saturated rings. The summed E-state index contributed by atoms with van der Waals surface area (Å²) in [7, 11) is 0. The van der Waals surface area contributed by atoms with Gasteiger partial charge in [0.05, 0.1) is 12.0 Å². The third-order valence-electron chi connectivity index (χ3n) is 3.17. The Kier molecular flexibility index (Phi) is 5.85. The molecule has 0 spiro atoms. The van der Waals surface area contributed by atoms with Crippen LogP contribution in [-0.2, 0) is 4.79 Å². The van der Waals surface area contributed by atoms with Gasteiger partial charge in [0.15, 0.2) is 0 Å². The van der Waals surface area contributed by atoms with Crippen LogP contribution in [0.2, 0.25) is 0 Å². The van der Waals surface area contributed by atoms with E-state index in [1.807, 2.05) is 25.1 Å². The molecule has 4 heteroatoms. The maximum absolute atomic E-state index is 10.9. The summed E-state index contributed by atoms with van der Waals surface area (Å²) >= 11 is 3.41. The minimum Gasteiger partial charge on any atom is -0.493 e. The molecule has 0 saturated carbocycles. The zero-order valence-electron chi connectivity index (χ0n) is 11.7. The molecule has 0 amide bonds. The van der Waals surface area contributed by atoms with Crippen molar-refractivity contribution in [1.29, 1.82) is 0 Å². The largest absolute Gasteiger partial charge is 0.493 e. The van der Waals surface area contributed by atoms with Gasteiger partial charge >= 0.3 is 5.97 Å². The molecule has 1 aromatic rings. The number of halogens is 1. The highest BCUT2D eigenvalue weighted by molar-refractivity contribution is 9.10. The molecule has 1 rings (SSSR count). The summed E-state index contributed by atoms with van der Waals surface area (Å²) in [6, 6.07) is 5.92. The topological polar surface area (TPSA) is 46.5 Å². The number of carbonyl (C=O) groups is 1. The van der Waals surface area contributed by atoms with E-state index in [2.05, 4.69) is 15.9 Å². The molecule has 0 saturated heterocycles. The summed E-state index contributed by atoms with van der Waals surface area (Å²) in [6.07, 6.45) is 2.39. The molecule has 0 atom stereocenters. The normalized spacial score (nSPS) is 11.4. The van der Waals surface area contributed by atoms with E-state index in [0.717, 1.165) is 28.6 Å². The van der Waals surface area contributed by atoms with Gasteiger partial charge in [-0.25, -0.2) is 0 Å². The molecule has 0 radical (unpaired) electrons. The lowest BCUT2D eigenvalue weighted by atomic mass is 9.87. The van der Waals surface area contributed by atoms with Gasteiger partial charge in [0, 0.05) is 4.47 Å². The number of hydrogen-bond acceptors (Lipinski definition) is 2. The van der Waals surface area contributed by atoms with Crippen LogP contribution in [-0.4, -0.2) is 17.7 Å². The summed E-state index contributed by atoms with van der Waals surface area (Å²) in [5.41, 5.74) is 0.452. The Balaban J connectivity index is 2.30. The van der Waals surface area contributed by atoms with Crippen molar-refractivity contribution in [1.82, 2.24) is 0 Å². The summed E-state index contributed by atoms with van der Waals surface area (Å²) in [5.74, 6) is 0.151. The smallest absolute Gasteiger partial charge is 0.309 e. The predicted molar refractivity (Wildman–Crippen MR) is 79.6 cm³/mol. The van der Waals surface area contributed by atoms with Gasteiger partial charge in [-0.2, -0.15) is 0 Å². The van der Waals surface area contributed by atoms with Crippen LogP contribution >= 0.6 is 15.9 Å². The Bertz CT molecular complexity index is 441. The van der Waals surface area contributed by atoms with Crippen LogP contribution in [0.1, 0.15) is 38.7 Å². The number of ether oxygens (including phenoxy) is 1. The summed E-state index contributed by atoms with van der Waals surface area (Å²) in [5, 5.41) is 9.00. The van der Waals surface area contributed by atoms with E-state index in [4.69, 9.17) is 9.84 Å². The molecule has 0 bridgehead atoms. The van der Waals surface area contributed by atoms with Crippen LogP contribution < -0.4 is 4.74 Å². The summed E-state index contributed by atoms with van der Waals surface area (Å²) < 4.78 is 6.74. The summed E-state index contributed by atoms with van der Waals surface area (Å²) in [4.78, 5) is 10.9. The Hall–Kier alpha value is -1.03. The lowest BCUT2D eigenvalue weighted by Gasteiger charge is -2.18. The Morgan fingerprint density at radius 3 is 2.63 bits per heavy atom. The molecule has 3 nitrogen and oxygen atoms in total. The Labute approximate surface area is 123 Å². The van der Waals surface area contributed by atoms with E-state index in [0.29, 0.717) is 13.0 Å². The van der Waals surface area contributed by atoms with Crippen LogP contribution in [0.5, 0.6) is 5.75 Å². The van der Waals surface area contributed by atoms with Gasteiger partial charge in [0.1, 0.15) is 5.75 Å². The molecular formula is C15H21BrO3. The van der Waals surface area contributed by atoms with E-state index in [1.54, 1.807) is 13.8 Å². The van der Waals surface area contributed by atoms with Gasteiger partial charge in [-0.15, -0.1) is 0 Å². The van der Waals surface area contributed by atoms with Crippen molar-refractivity contribution in [2.45, 2.75) is 40.0 Å². The fourth-order valence-electron chi connectivity index (χ4n) is 1.73. The second-order valence-electron chi connectivity index (χ2n) is 5.40. The number of hydrogen-bond donors (Lipinski definition) is 1. The van der Waals surface area contributed by atoms with Gasteiger partial charge in [0.25, 0.3) is 0 Å². The van der Waals surface area contributed by atoms with E-state index < -0.39 is 11.4 Å². The number of aliphatic carboxylic acids is 1. The first-order chi connectivity index (χ1) is 8.83. The van der Waals surface area contributed by atoms with Gasteiger partial charge in [0.2, 0.25) is 0 Å². The van der Waals surface area contributed by atoms with Crippen LogP contribution in [0.3, 0.4) is 0 Å². The monoisotopic (exact) mass is 328 g/mol. The molecule has 19 heavy (non-hydrogen) atoms. The fraction of sp³-hybridized carbons (Fsp3) is 0.533. The lowest BCUT2D eigenvalue weighted by molar-refractivity contribution is -0.147. The van der Waals surface area contributed by atoms with Gasteiger partial charge < -0.3 is 9.84 Å². The van der Waals surface area contributed by atoms with Crippen LogP contribution in [0.15, 0.2) is 22.7 Å². The maximum atomic E-state index is 10.9. The number of unbranched alkanes of at least 4 members (excludes halogenated alkanes) is 1. The molecular weight excluding hydrogens is 308 g/mol. The average Bonchev–Trinajstić information content (AvgIpc) is 2.31. The number of carboxylic acids is 1. The van der Waals surface area contributed by atoms with Crippen LogP contribution in [0.4, 0.5) is 0 Å². The number of benzene rings is 1. The number of aryl methyl sites for hydroxylation is 1. The second kappa shape index (κ2) is 6.94. The van der Waals surface area contributed by atoms with Crippen LogP contribution in [0, 0.1) is 12.3 Å². The van der Waals surface area contributed by atoms with Crippen molar-refractivity contribution in [3.63, 3.8) is 0 Å². The van der Waals surface area contributed by atoms with Gasteiger partial charge in [-0.3, -0.25) is 4.79 Å². The number of rotatable bonds is 7. The SMILES string of the molecule is Cc1cc(Br)ccc1OCCCCC(C)(C)C(=O)O. The minimum atomic E-state index is -0.739. The number of carboxylic acid groups (broad SMARTS) is 1. The van der Waals surface area contributed by atoms with Crippen molar-refractivity contribution in [3.8, 4) is 5.75 Å². The van der Waals surface area contributed by atoms with Gasteiger partial charge in [-0.05, 0) is 63.8 Å². The first-order valence-electron chi connectivity index (χ1n) is 6.45.